The maximum Gasteiger partial charge on any atom is 0.387 e. The number of halogens is 2. The van der Waals surface area contributed by atoms with E-state index in [-0.39, 0.29) is 11.8 Å². The molecule has 1 atom stereocenters. The van der Waals surface area contributed by atoms with Gasteiger partial charge in [-0.15, -0.1) is 0 Å². The highest BCUT2D eigenvalue weighted by molar-refractivity contribution is 5.36. The van der Waals surface area contributed by atoms with Gasteiger partial charge in [0.15, 0.2) is 0 Å². The first-order valence-corrected chi connectivity index (χ1v) is 8.42. The summed E-state index contributed by atoms with van der Waals surface area (Å²) in [7, 11) is 0. The first kappa shape index (κ1) is 18.1. The number of hydrogen-bond acceptors (Lipinski definition) is 3. The molecule has 6 heteroatoms. The Bertz CT molecular complexity index is 849. The van der Waals surface area contributed by atoms with Gasteiger partial charge in [-0.25, -0.2) is 4.68 Å². The van der Waals surface area contributed by atoms with Gasteiger partial charge in [-0.3, -0.25) is 0 Å². The fourth-order valence-corrected chi connectivity index (χ4v) is 2.91. The first-order valence-electron chi connectivity index (χ1n) is 8.42. The van der Waals surface area contributed by atoms with Gasteiger partial charge in [0.05, 0.1) is 11.9 Å². The Balaban J connectivity index is 1.72. The van der Waals surface area contributed by atoms with Crippen molar-refractivity contribution in [3.63, 3.8) is 0 Å². The zero-order valence-corrected chi connectivity index (χ0v) is 14.7. The fourth-order valence-electron chi connectivity index (χ4n) is 2.91. The van der Waals surface area contributed by atoms with E-state index in [0.717, 1.165) is 16.9 Å². The zero-order valence-electron chi connectivity index (χ0n) is 14.7. The Hall–Kier alpha value is -2.73. The van der Waals surface area contributed by atoms with Crippen molar-refractivity contribution in [1.29, 1.82) is 0 Å². The van der Waals surface area contributed by atoms with Crippen molar-refractivity contribution in [1.82, 2.24) is 15.1 Å². The number of hydrogen-bond donors (Lipinski definition) is 1. The van der Waals surface area contributed by atoms with E-state index in [2.05, 4.69) is 15.2 Å². The molecule has 0 saturated heterocycles. The number of ether oxygens (including phenoxy) is 1. The van der Waals surface area contributed by atoms with Crippen LogP contribution in [-0.4, -0.2) is 16.4 Å². The number of aromatic nitrogens is 2. The standard InChI is InChI=1S/C20H21F2N3O/c1-14(23-12-16-8-6-7-11-19(16)26-20(21)22)18-13-24-25(15(18)2)17-9-4-3-5-10-17/h3-11,13-14,20,23H,12H2,1-2H3/t14-/m0/s1. The largest absolute Gasteiger partial charge is 0.434 e. The highest BCUT2D eigenvalue weighted by Gasteiger charge is 2.15. The number of nitrogens with zero attached hydrogens (tertiary/aromatic N) is 2. The lowest BCUT2D eigenvalue weighted by Crippen LogP contribution is -2.19. The van der Waals surface area contributed by atoms with Crippen LogP contribution < -0.4 is 10.1 Å². The average molecular weight is 357 g/mol. The van der Waals surface area contributed by atoms with Crippen LogP contribution in [0.2, 0.25) is 0 Å². The minimum Gasteiger partial charge on any atom is -0.434 e. The topological polar surface area (TPSA) is 39.1 Å². The number of alkyl halides is 2. The lowest BCUT2D eigenvalue weighted by molar-refractivity contribution is -0.0505. The summed E-state index contributed by atoms with van der Waals surface area (Å²) in [4.78, 5) is 0. The average Bonchev–Trinajstić information content (AvgIpc) is 3.02. The van der Waals surface area contributed by atoms with Crippen LogP contribution in [0.1, 0.15) is 29.8 Å². The molecule has 1 heterocycles. The van der Waals surface area contributed by atoms with E-state index >= 15 is 0 Å². The lowest BCUT2D eigenvalue weighted by atomic mass is 10.1. The van der Waals surface area contributed by atoms with Crippen LogP contribution in [0.25, 0.3) is 5.69 Å². The van der Waals surface area contributed by atoms with Gasteiger partial charge in [-0.1, -0.05) is 36.4 Å². The predicted octanol–water partition coefficient (Wildman–Crippen LogP) is 4.63. The van der Waals surface area contributed by atoms with Crippen LogP contribution in [-0.2, 0) is 6.54 Å². The van der Waals surface area contributed by atoms with E-state index in [0.29, 0.717) is 12.1 Å². The summed E-state index contributed by atoms with van der Waals surface area (Å²) in [5, 5.41) is 7.83. The van der Waals surface area contributed by atoms with Crippen LogP contribution in [0.5, 0.6) is 5.75 Å². The molecule has 0 amide bonds. The maximum absolute atomic E-state index is 12.5. The third kappa shape index (κ3) is 4.08. The SMILES string of the molecule is Cc1c([C@H](C)NCc2ccccc2OC(F)F)cnn1-c1ccccc1. The Morgan fingerprint density at radius 2 is 1.77 bits per heavy atom. The van der Waals surface area contributed by atoms with Crippen molar-refractivity contribution in [2.75, 3.05) is 0 Å². The Kier molecular flexibility index (Phi) is 5.63. The van der Waals surface area contributed by atoms with Crippen molar-refractivity contribution in [3.05, 3.63) is 77.6 Å². The third-order valence-electron chi connectivity index (χ3n) is 4.30. The summed E-state index contributed by atoms with van der Waals surface area (Å²) in [6, 6.07) is 16.7. The molecule has 0 unspecified atom stereocenters. The van der Waals surface area contributed by atoms with Crippen LogP contribution >= 0.6 is 0 Å². The van der Waals surface area contributed by atoms with Crippen LogP contribution in [0.3, 0.4) is 0 Å². The third-order valence-corrected chi connectivity index (χ3v) is 4.30. The van der Waals surface area contributed by atoms with Gasteiger partial charge < -0.3 is 10.1 Å². The highest BCUT2D eigenvalue weighted by atomic mass is 19.3. The minimum absolute atomic E-state index is 0.00654. The highest BCUT2D eigenvalue weighted by Crippen LogP contribution is 2.23. The molecule has 0 aliphatic heterocycles. The molecule has 0 bridgehead atoms. The molecule has 0 aliphatic rings. The zero-order chi connectivity index (χ0) is 18.5. The van der Waals surface area contributed by atoms with Gasteiger partial charge in [-0.2, -0.15) is 13.9 Å². The Morgan fingerprint density at radius 1 is 1.08 bits per heavy atom. The van der Waals surface area contributed by atoms with Crippen molar-refractivity contribution in [2.45, 2.75) is 33.0 Å². The molecule has 0 aliphatic carbocycles. The van der Waals surface area contributed by atoms with E-state index in [4.69, 9.17) is 0 Å². The van der Waals surface area contributed by atoms with Crippen LogP contribution in [0.4, 0.5) is 8.78 Å². The molecule has 0 saturated carbocycles. The number of nitrogens with one attached hydrogen (secondary N) is 1. The normalized spacial score (nSPS) is 12.3. The molecule has 3 rings (SSSR count). The molecule has 4 nitrogen and oxygen atoms in total. The van der Waals surface area contributed by atoms with Gasteiger partial charge in [-0.05, 0) is 32.0 Å². The second-order valence-corrected chi connectivity index (χ2v) is 6.02. The summed E-state index contributed by atoms with van der Waals surface area (Å²) >= 11 is 0. The van der Waals surface area contributed by atoms with Gasteiger partial charge >= 0.3 is 6.61 Å². The van der Waals surface area contributed by atoms with Gasteiger partial charge in [0.1, 0.15) is 5.75 Å². The van der Waals surface area contributed by atoms with Gasteiger partial charge in [0, 0.05) is 29.4 Å². The quantitative estimate of drug-likeness (QED) is 0.670. The monoisotopic (exact) mass is 357 g/mol. The van der Waals surface area contributed by atoms with E-state index in [1.807, 2.05) is 55.1 Å². The second kappa shape index (κ2) is 8.10. The van der Waals surface area contributed by atoms with E-state index in [1.165, 1.54) is 0 Å². The summed E-state index contributed by atoms with van der Waals surface area (Å²) in [6.45, 7) is 1.62. The Labute approximate surface area is 151 Å². The molecule has 3 aromatic rings. The first-order chi connectivity index (χ1) is 12.6. The summed E-state index contributed by atoms with van der Waals surface area (Å²) < 4.78 is 31.5. The van der Waals surface area contributed by atoms with Crippen molar-refractivity contribution in [2.24, 2.45) is 0 Å². The summed E-state index contributed by atoms with van der Waals surface area (Å²) in [5.41, 5.74) is 3.78. The Morgan fingerprint density at radius 3 is 2.50 bits per heavy atom. The van der Waals surface area contributed by atoms with E-state index in [9.17, 15) is 8.78 Å². The molecule has 0 spiro atoms. The van der Waals surface area contributed by atoms with Crippen molar-refractivity contribution in [3.8, 4) is 11.4 Å². The minimum atomic E-state index is -2.83. The van der Waals surface area contributed by atoms with E-state index in [1.54, 1.807) is 24.3 Å². The smallest absolute Gasteiger partial charge is 0.387 e. The number of para-hydroxylation sites is 2. The lowest BCUT2D eigenvalue weighted by Gasteiger charge is -2.16. The fraction of sp³-hybridized carbons (Fsp3) is 0.250. The predicted molar refractivity (Wildman–Crippen MR) is 96.6 cm³/mol. The number of benzene rings is 2. The molecule has 26 heavy (non-hydrogen) atoms. The van der Waals surface area contributed by atoms with Gasteiger partial charge in [0.2, 0.25) is 0 Å². The summed E-state index contributed by atoms with van der Waals surface area (Å²) in [5.74, 6) is 0.193. The molecule has 0 radical (unpaired) electrons. The molecule has 136 valence electrons. The van der Waals surface area contributed by atoms with Gasteiger partial charge in [0.25, 0.3) is 0 Å². The molecular weight excluding hydrogens is 336 g/mol. The van der Waals surface area contributed by atoms with E-state index < -0.39 is 6.61 Å². The van der Waals surface area contributed by atoms with Crippen molar-refractivity contribution >= 4 is 0 Å². The maximum atomic E-state index is 12.5. The molecule has 0 fully saturated rings. The molecular formula is C20H21F2N3O. The molecule has 1 N–H and O–H groups in total. The summed E-state index contributed by atoms with van der Waals surface area (Å²) in [6.07, 6.45) is 1.83. The number of rotatable bonds is 7. The molecule has 1 aromatic heterocycles. The van der Waals surface area contributed by atoms with Crippen LogP contribution in [0, 0.1) is 6.92 Å². The molecule has 2 aromatic carbocycles. The van der Waals surface area contributed by atoms with Crippen LogP contribution in [0.15, 0.2) is 60.8 Å². The van der Waals surface area contributed by atoms with Crippen molar-refractivity contribution < 1.29 is 13.5 Å². The second-order valence-electron chi connectivity index (χ2n) is 6.02.